The Bertz CT molecular complexity index is 927. The first kappa shape index (κ1) is 19.0. The molecule has 8 nitrogen and oxygen atoms in total. The van der Waals surface area contributed by atoms with Crippen molar-refractivity contribution in [1.29, 1.82) is 0 Å². The third-order valence-electron chi connectivity index (χ3n) is 3.81. The van der Waals surface area contributed by atoms with Gasteiger partial charge in [0.1, 0.15) is 5.75 Å². The van der Waals surface area contributed by atoms with Gasteiger partial charge in [-0.1, -0.05) is 0 Å². The number of ether oxygens (including phenoxy) is 3. The molecule has 144 valence electrons. The lowest BCUT2D eigenvalue weighted by Crippen LogP contribution is -2.41. The van der Waals surface area contributed by atoms with Crippen LogP contribution in [-0.2, 0) is 14.8 Å². The van der Waals surface area contributed by atoms with Crippen molar-refractivity contribution in [3.05, 3.63) is 42.5 Å². The summed E-state index contributed by atoms with van der Waals surface area (Å²) in [4.78, 5) is 12.4. The summed E-state index contributed by atoms with van der Waals surface area (Å²) in [5, 5.41) is 2.65. The van der Waals surface area contributed by atoms with E-state index in [9.17, 15) is 13.2 Å². The fraction of sp³-hybridized carbons (Fsp3) is 0.278. The molecule has 1 aliphatic rings. The molecular formula is C18H20N2O6S. The van der Waals surface area contributed by atoms with Crippen LogP contribution < -0.4 is 24.2 Å². The molecule has 1 atom stereocenters. The normalized spacial score (nSPS) is 13.9. The van der Waals surface area contributed by atoms with Gasteiger partial charge < -0.3 is 19.5 Å². The van der Waals surface area contributed by atoms with Gasteiger partial charge in [0.05, 0.1) is 17.5 Å². The second-order valence-corrected chi connectivity index (χ2v) is 7.52. The number of benzene rings is 2. The van der Waals surface area contributed by atoms with Crippen molar-refractivity contribution in [2.24, 2.45) is 0 Å². The molecule has 1 amide bonds. The van der Waals surface area contributed by atoms with Gasteiger partial charge in [-0.2, -0.15) is 4.72 Å². The number of carbonyl (C=O) groups excluding carboxylic acids is 1. The predicted molar refractivity (Wildman–Crippen MR) is 98.6 cm³/mol. The van der Waals surface area contributed by atoms with Gasteiger partial charge in [0, 0.05) is 11.8 Å². The van der Waals surface area contributed by atoms with Crippen LogP contribution in [0.2, 0.25) is 0 Å². The Morgan fingerprint density at radius 2 is 1.85 bits per heavy atom. The van der Waals surface area contributed by atoms with Crippen LogP contribution in [0.3, 0.4) is 0 Å². The van der Waals surface area contributed by atoms with Crippen LogP contribution in [0.15, 0.2) is 47.4 Å². The van der Waals surface area contributed by atoms with Crippen molar-refractivity contribution < 1.29 is 27.4 Å². The van der Waals surface area contributed by atoms with E-state index in [1.54, 1.807) is 30.3 Å². The summed E-state index contributed by atoms with van der Waals surface area (Å²) in [6, 6.07) is 9.95. The quantitative estimate of drug-likeness (QED) is 0.748. The Kier molecular flexibility index (Phi) is 5.52. The maximum absolute atomic E-state index is 12.5. The molecule has 1 heterocycles. The number of amides is 1. The molecule has 0 spiro atoms. The fourth-order valence-corrected chi connectivity index (χ4v) is 3.66. The van der Waals surface area contributed by atoms with E-state index in [1.165, 1.54) is 19.1 Å². The Balaban J connectivity index is 1.64. The van der Waals surface area contributed by atoms with Crippen molar-refractivity contribution in [3.8, 4) is 17.2 Å². The molecule has 9 heteroatoms. The number of rotatable bonds is 7. The third kappa shape index (κ3) is 4.50. The first-order valence-corrected chi connectivity index (χ1v) is 9.83. The monoisotopic (exact) mass is 392 g/mol. The summed E-state index contributed by atoms with van der Waals surface area (Å²) in [6.07, 6.45) is 0. The molecule has 0 saturated carbocycles. The first-order chi connectivity index (χ1) is 12.9. The maximum atomic E-state index is 12.5. The van der Waals surface area contributed by atoms with E-state index in [4.69, 9.17) is 14.2 Å². The molecule has 2 aromatic rings. The number of nitrogens with one attached hydrogen (secondary N) is 2. The number of carbonyl (C=O) groups is 1. The SMILES string of the molecule is CCOc1ccc(S(=O)(=O)N[C@H](C)C(=O)Nc2ccc3c(c2)OCO3)cc1. The van der Waals surface area contributed by atoms with Crippen LogP contribution >= 0.6 is 0 Å². The van der Waals surface area contributed by atoms with Crippen molar-refractivity contribution in [3.63, 3.8) is 0 Å². The Labute approximate surface area is 157 Å². The highest BCUT2D eigenvalue weighted by atomic mass is 32.2. The predicted octanol–water partition coefficient (Wildman–Crippen LogP) is 2.12. The highest BCUT2D eigenvalue weighted by molar-refractivity contribution is 7.89. The van der Waals surface area contributed by atoms with E-state index < -0.39 is 22.0 Å². The molecule has 27 heavy (non-hydrogen) atoms. The highest BCUT2D eigenvalue weighted by Gasteiger charge is 2.23. The van der Waals surface area contributed by atoms with Crippen LogP contribution in [0.25, 0.3) is 0 Å². The van der Waals surface area contributed by atoms with E-state index in [-0.39, 0.29) is 11.7 Å². The molecule has 2 aromatic carbocycles. The lowest BCUT2D eigenvalue weighted by atomic mass is 10.2. The fourth-order valence-electron chi connectivity index (χ4n) is 2.46. The molecule has 0 saturated heterocycles. The molecule has 0 aliphatic carbocycles. The molecule has 0 bridgehead atoms. The van der Waals surface area contributed by atoms with Crippen LogP contribution in [0.1, 0.15) is 13.8 Å². The first-order valence-electron chi connectivity index (χ1n) is 8.35. The van der Waals surface area contributed by atoms with Crippen LogP contribution in [0.4, 0.5) is 5.69 Å². The molecule has 0 unspecified atom stereocenters. The summed E-state index contributed by atoms with van der Waals surface area (Å²) >= 11 is 0. The van der Waals surface area contributed by atoms with Crippen LogP contribution in [-0.4, -0.2) is 33.8 Å². The van der Waals surface area contributed by atoms with Gasteiger partial charge in [0.15, 0.2) is 11.5 Å². The summed E-state index contributed by atoms with van der Waals surface area (Å²) in [6.45, 7) is 3.92. The van der Waals surface area contributed by atoms with Gasteiger partial charge in [-0.3, -0.25) is 4.79 Å². The van der Waals surface area contributed by atoms with Gasteiger partial charge in [-0.15, -0.1) is 0 Å². The Hall–Kier alpha value is -2.78. The number of fused-ring (bicyclic) bond motifs is 1. The number of sulfonamides is 1. The van der Waals surface area contributed by atoms with E-state index in [2.05, 4.69) is 10.0 Å². The number of hydrogen-bond acceptors (Lipinski definition) is 6. The van der Waals surface area contributed by atoms with Gasteiger partial charge >= 0.3 is 0 Å². The van der Waals surface area contributed by atoms with Crippen LogP contribution in [0.5, 0.6) is 17.2 Å². The van der Waals surface area contributed by atoms with Crippen molar-refractivity contribution in [2.45, 2.75) is 24.8 Å². The zero-order chi connectivity index (χ0) is 19.4. The Morgan fingerprint density at radius 1 is 1.15 bits per heavy atom. The average Bonchev–Trinajstić information content (AvgIpc) is 3.10. The second kappa shape index (κ2) is 7.85. The van der Waals surface area contributed by atoms with E-state index >= 15 is 0 Å². The number of anilines is 1. The van der Waals surface area contributed by atoms with Gasteiger partial charge in [0.2, 0.25) is 22.7 Å². The van der Waals surface area contributed by atoms with E-state index in [0.717, 1.165) is 0 Å². The lowest BCUT2D eigenvalue weighted by molar-refractivity contribution is -0.117. The maximum Gasteiger partial charge on any atom is 0.242 e. The minimum Gasteiger partial charge on any atom is -0.494 e. The lowest BCUT2D eigenvalue weighted by Gasteiger charge is -2.15. The molecule has 0 aromatic heterocycles. The zero-order valence-corrected chi connectivity index (χ0v) is 15.7. The van der Waals surface area contributed by atoms with Crippen LogP contribution in [0, 0.1) is 0 Å². The largest absolute Gasteiger partial charge is 0.494 e. The molecular weight excluding hydrogens is 372 g/mol. The highest BCUT2D eigenvalue weighted by Crippen LogP contribution is 2.34. The summed E-state index contributed by atoms with van der Waals surface area (Å²) in [7, 11) is -3.85. The van der Waals surface area contributed by atoms with Gasteiger partial charge in [-0.05, 0) is 50.2 Å². The van der Waals surface area contributed by atoms with E-state index in [0.29, 0.717) is 29.5 Å². The van der Waals surface area contributed by atoms with Gasteiger partial charge in [0.25, 0.3) is 0 Å². The average molecular weight is 392 g/mol. The minimum atomic E-state index is -3.85. The standard InChI is InChI=1S/C18H20N2O6S/c1-3-24-14-5-7-15(8-6-14)27(22,23)20-12(2)18(21)19-13-4-9-16-17(10-13)26-11-25-16/h4-10,12,20H,3,11H2,1-2H3,(H,19,21)/t12-/m1/s1. The molecule has 1 aliphatic heterocycles. The summed E-state index contributed by atoms with van der Waals surface area (Å²) < 4.78 is 43.0. The summed E-state index contributed by atoms with van der Waals surface area (Å²) in [5.74, 6) is 1.20. The van der Waals surface area contributed by atoms with E-state index in [1.807, 2.05) is 6.92 Å². The van der Waals surface area contributed by atoms with Crippen molar-refractivity contribution in [1.82, 2.24) is 4.72 Å². The van der Waals surface area contributed by atoms with Crippen molar-refractivity contribution >= 4 is 21.6 Å². The Morgan fingerprint density at radius 3 is 2.56 bits per heavy atom. The zero-order valence-electron chi connectivity index (χ0n) is 14.9. The molecule has 0 radical (unpaired) electrons. The molecule has 3 rings (SSSR count). The van der Waals surface area contributed by atoms with Crippen molar-refractivity contribution in [2.75, 3.05) is 18.7 Å². The second-order valence-electron chi connectivity index (χ2n) is 5.80. The minimum absolute atomic E-state index is 0.0497. The smallest absolute Gasteiger partial charge is 0.242 e. The molecule has 0 fully saturated rings. The third-order valence-corrected chi connectivity index (χ3v) is 5.37. The molecule has 2 N–H and O–H groups in total. The summed E-state index contributed by atoms with van der Waals surface area (Å²) in [5.41, 5.74) is 0.483. The number of hydrogen-bond donors (Lipinski definition) is 2. The van der Waals surface area contributed by atoms with Gasteiger partial charge in [-0.25, -0.2) is 8.42 Å². The topological polar surface area (TPSA) is 103 Å².